The number of likely N-dealkylation sites (N-methyl/N-ethyl adjacent to an activating group) is 1. The zero-order valence-corrected chi connectivity index (χ0v) is 9.76. The summed E-state index contributed by atoms with van der Waals surface area (Å²) in [4.78, 5) is 12.8. The molecule has 1 aromatic heterocycles. The minimum Gasteiger partial charge on any atom is -0.358 e. The van der Waals surface area contributed by atoms with E-state index < -0.39 is 0 Å². The lowest BCUT2D eigenvalue weighted by atomic mass is 10.3. The van der Waals surface area contributed by atoms with Gasteiger partial charge in [-0.15, -0.1) is 0 Å². The number of hydrogen-bond donors (Lipinski definition) is 1. The summed E-state index contributed by atoms with van der Waals surface area (Å²) in [6.45, 7) is 6.63. The van der Waals surface area contributed by atoms with Crippen molar-refractivity contribution < 1.29 is 0 Å². The Morgan fingerprint density at radius 2 is 2.25 bits per heavy atom. The van der Waals surface area contributed by atoms with Gasteiger partial charge in [0.05, 0.1) is 0 Å². The highest BCUT2D eigenvalue weighted by atomic mass is 15.2. The molecule has 1 fully saturated rings. The highest BCUT2D eigenvalue weighted by Gasteiger charge is 2.10. The lowest BCUT2D eigenvalue weighted by molar-refractivity contribution is 0.246. The molecule has 1 aromatic rings. The zero-order chi connectivity index (χ0) is 11.2. The van der Waals surface area contributed by atoms with E-state index in [4.69, 9.17) is 0 Å². The molecular formula is C11H19N5. The van der Waals surface area contributed by atoms with Crippen molar-refractivity contribution in [2.24, 2.45) is 0 Å². The van der Waals surface area contributed by atoms with Crippen LogP contribution in [0, 0.1) is 0 Å². The van der Waals surface area contributed by atoms with Crippen molar-refractivity contribution in [1.29, 1.82) is 0 Å². The number of anilines is 1. The first-order valence-electron chi connectivity index (χ1n) is 5.76. The van der Waals surface area contributed by atoms with Crippen LogP contribution in [0.1, 0.15) is 0 Å². The molecule has 1 aliphatic heterocycles. The average molecular weight is 221 g/mol. The Balaban J connectivity index is 1.77. The van der Waals surface area contributed by atoms with Gasteiger partial charge in [0, 0.05) is 52.5 Å². The molecule has 0 amide bonds. The molecule has 0 unspecified atom stereocenters. The third-order valence-electron chi connectivity index (χ3n) is 2.92. The van der Waals surface area contributed by atoms with Crippen molar-refractivity contribution in [1.82, 2.24) is 20.2 Å². The van der Waals surface area contributed by atoms with E-state index in [9.17, 15) is 0 Å². The quantitative estimate of drug-likeness (QED) is 0.764. The molecular weight excluding hydrogens is 202 g/mol. The Morgan fingerprint density at radius 1 is 1.44 bits per heavy atom. The lowest BCUT2D eigenvalue weighted by Crippen LogP contribution is -2.46. The van der Waals surface area contributed by atoms with Crippen molar-refractivity contribution in [2.75, 3.05) is 51.2 Å². The summed E-state index contributed by atoms with van der Waals surface area (Å²) >= 11 is 0. The molecule has 0 bridgehead atoms. The van der Waals surface area contributed by atoms with Crippen molar-refractivity contribution in [3.63, 3.8) is 0 Å². The molecule has 5 nitrogen and oxygen atoms in total. The van der Waals surface area contributed by atoms with Crippen molar-refractivity contribution in [3.8, 4) is 0 Å². The maximum atomic E-state index is 4.23. The first-order valence-corrected chi connectivity index (χ1v) is 5.76. The van der Waals surface area contributed by atoms with Gasteiger partial charge in [-0.25, -0.2) is 9.97 Å². The van der Waals surface area contributed by atoms with Gasteiger partial charge in [-0.2, -0.15) is 0 Å². The van der Waals surface area contributed by atoms with Gasteiger partial charge in [-0.1, -0.05) is 0 Å². The van der Waals surface area contributed by atoms with Crippen LogP contribution in [0.25, 0.3) is 0 Å². The predicted molar refractivity (Wildman–Crippen MR) is 64.6 cm³/mol. The largest absolute Gasteiger partial charge is 0.358 e. The van der Waals surface area contributed by atoms with E-state index in [0.717, 1.165) is 45.1 Å². The van der Waals surface area contributed by atoms with Gasteiger partial charge in [-0.3, -0.25) is 4.90 Å². The summed E-state index contributed by atoms with van der Waals surface area (Å²) in [6, 6.07) is 1.94. The van der Waals surface area contributed by atoms with E-state index in [-0.39, 0.29) is 0 Å². The Bertz CT molecular complexity index is 297. The van der Waals surface area contributed by atoms with E-state index in [1.54, 1.807) is 12.5 Å². The molecule has 0 spiro atoms. The Labute approximate surface area is 96.5 Å². The van der Waals surface area contributed by atoms with Crippen LogP contribution in [0.15, 0.2) is 18.6 Å². The number of piperazine rings is 1. The summed E-state index contributed by atoms with van der Waals surface area (Å²) in [5.74, 6) is 0.991. The topological polar surface area (TPSA) is 44.3 Å². The highest BCUT2D eigenvalue weighted by Crippen LogP contribution is 2.05. The van der Waals surface area contributed by atoms with Crippen LogP contribution in [0.3, 0.4) is 0 Å². The second-order valence-electron chi connectivity index (χ2n) is 4.08. The van der Waals surface area contributed by atoms with Gasteiger partial charge >= 0.3 is 0 Å². The molecule has 5 heteroatoms. The van der Waals surface area contributed by atoms with E-state index in [0.29, 0.717) is 0 Å². The Morgan fingerprint density at radius 3 is 2.94 bits per heavy atom. The van der Waals surface area contributed by atoms with E-state index in [1.165, 1.54) is 0 Å². The highest BCUT2D eigenvalue weighted by molar-refractivity contribution is 5.34. The molecule has 0 saturated carbocycles. The molecule has 1 saturated heterocycles. The van der Waals surface area contributed by atoms with Crippen LogP contribution >= 0.6 is 0 Å². The fourth-order valence-corrected chi connectivity index (χ4v) is 1.85. The fourth-order valence-electron chi connectivity index (χ4n) is 1.85. The van der Waals surface area contributed by atoms with Crippen LogP contribution in [0.5, 0.6) is 0 Å². The maximum Gasteiger partial charge on any atom is 0.131 e. The lowest BCUT2D eigenvalue weighted by Gasteiger charge is -2.29. The molecule has 16 heavy (non-hydrogen) atoms. The number of aromatic nitrogens is 2. The molecule has 0 radical (unpaired) electrons. The molecule has 1 aliphatic rings. The molecule has 1 N–H and O–H groups in total. The maximum absolute atomic E-state index is 4.23. The van der Waals surface area contributed by atoms with E-state index in [2.05, 4.69) is 32.1 Å². The molecule has 2 rings (SSSR count). The molecule has 0 aromatic carbocycles. The van der Waals surface area contributed by atoms with Gasteiger partial charge in [0.2, 0.25) is 0 Å². The minimum absolute atomic E-state index is 0.991. The number of nitrogens with zero attached hydrogens (tertiary/aromatic N) is 4. The van der Waals surface area contributed by atoms with Crippen molar-refractivity contribution >= 4 is 5.82 Å². The fraction of sp³-hybridized carbons (Fsp3) is 0.636. The summed E-state index contributed by atoms with van der Waals surface area (Å²) in [5, 5.41) is 3.36. The predicted octanol–water partition coefficient (Wildman–Crippen LogP) is -0.182. The van der Waals surface area contributed by atoms with Crippen molar-refractivity contribution in [3.05, 3.63) is 18.6 Å². The smallest absolute Gasteiger partial charge is 0.131 e. The minimum atomic E-state index is 0.991. The monoisotopic (exact) mass is 221 g/mol. The summed E-state index contributed by atoms with van der Waals surface area (Å²) in [5.41, 5.74) is 0. The van der Waals surface area contributed by atoms with Gasteiger partial charge in [0.25, 0.3) is 0 Å². The van der Waals surface area contributed by atoms with Crippen LogP contribution < -0.4 is 10.2 Å². The van der Waals surface area contributed by atoms with E-state index >= 15 is 0 Å². The normalized spacial score (nSPS) is 17.3. The zero-order valence-electron chi connectivity index (χ0n) is 9.76. The number of nitrogens with one attached hydrogen (secondary N) is 1. The molecule has 0 atom stereocenters. The third-order valence-corrected chi connectivity index (χ3v) is 2.92. The van der Waals surface area contributed by atoms with Gasteiger partial charge < -0.3 is 10.2 Å². The second-order valence-corrected chi connectivity index (χ2v) is 4.08. The average Bonchev–Trinajstić information content (AvgIpc) is 2.38. The second kappa shape index (κ2) is 5.77. The Kier molecular flexibility index (Phi) is 4.07. The van der Waals surface area contributed by atoms with Crippen LogP contribution in [-0.4, -0.2) is 61.2 Å². The first kappa shape index (κ1) is 11.3. The SMILES string of the molecule is CN(CCN1CCNCC1)c1ccncn1. The molecule has 2 heterocycles. The van der Waals surface area contributed by atoms with Crippen LogP contribution in [0.2, 0.25) is 0 Å². The van der Waals surface area contributed by atoms with Gasteiger partial charge in [-0.05, 0) is 6.07 Å². The third kappa shape index (κ3) is 3.15. The van der Waals surface area contributed by atoms with Crippen LogP contribution in [0.4, 0.5) is 5.82 Å². The molecule has 88 valence electrons. The summed E-state index contributed by atoms with van der Waals surface area (Å²) in [7, 11) is 2.07. The van der Waals surface area contributed by atoms with Gasteiger partial charge in [0.15, 0.2) is 0 Å². The van der Waals surface area contributed by atoms with Crippen LogP contribution in [-0.2, 0) is 0 Å². The number of hydrogen-bond acceptors (Lipinski definition) is 5. The molecule has 0 aliphatic carbocycles. The summed E-state index contributed by atoms with van der Waals surface area (Å²) < 4.78 is 0. The number of rotatable bonds is 4. The summed E-state index contributed by atoms with van der Waals surface area (Å²) in [6.07, 6.45) is 3.38. The van der Waals surface area contributed by atoms with Gasteiger partial charge in [0.1, 0.15) is 12.1 Å². The Hall–Kier alpha value is -1.20. The first-order chi connectivity index (χ1) is 7.86. The van der Waals surface area contributed by atoms with E-state index in [1.807, 2.05) is 6.07 Å². The van der Waals surface area contributed by atoms with Crippen molar-refractivity contribution in [2.45, 2.75) is 0 Å². The standard InChI is InChI=1S/C11H19N5/c1-15(11-2-3-13-10-14-11)8-9-16-6-4-12-5-7-16/h2-3,10,12H,4-9H2,1H3.